The van der Waals surface area contributed by atoms with Gasteiger partial charge in [0.05, 0.1) is 11.6 Å². The number of anilines is 1. The number of nitrogens with one attached hydrogen (secondary N) is 1. The molecule has 0 saturated heterocycles. The molecule has 1 unspecified atom stereocenters. The minimum atomic E-state index is -0.841. The van der Waals surface area contributed by atoms with Gasteiger partial charge in [-0.3, -0.25) is 4.79 Å². The summed E-state index contributed by atoms with van der Waals surface area (Å²) in [7, 11) is 0. The first-order chi connectivity index (χ1) is 8.69. The van der Waals surface area contributed by atoms with Crippen molar-refractivity contribution in [2.75, 3.05) is 11.9 Å². The Morgan fingerprint density at radius 3 is 2.58 bits per heavy atom. The Morgan fingerprint density at radius 2 is 2.05 bits per heavy atom. The van der Waals surface area contributed by atoms with Crippen molar-refractivity contribution in [3.63, 3.8) is 0 Å². The zero-order valence-electron chi connectivity index (χ0n) is 11.1. The lowest BCUT2D eigenvalue weighted by atomic mass is 9.84. The summed E-state index contributed by atoms with van der Waals surface area (Å²) < 4.78 is 0. The van der Waals surface area contributed by atoms with Crippen LogP contribution >= 0.6 is 23.2 Å². The molecule has 0 radical (unpaired) electrons. The number of carboxylic acid groups (broad SMARTS) is 1. The van der Waals surface area contributed by atoms with Gasteiger partial charge in [-0.15, -0.1) is 10.2 Å². The Morgan fingerprint density at radius 1 is 1.42 bits per heavy atom. The van der Waals surface area contributed by atoms with E-state index in [1.165, 1.54) is 6.07 Å². The van der Waals surface area contributed by atoms with Gasteiger partial charge in [0.15, 0.2) is 10.3 Å². The molecule has 0 amide bonds. The Balaban J connectivity index is 2.71. The van der Waals surface area contributed by atoms with Crippen LogP contribution in [0.1, 0.15) is 27.2 Å². The van der Waals surface area contributed by atoms with E-state index in [1.54, 1.807) is 0 Å². The van der Waals surface area contributed by atoms with Crippen molar-refractivity contribution in [1.82, 2.24) is 10.2 Å². The van der Waals surface area contributed by atoms with Crippen LogP contribution in [-0.4, -0.2) is 27.8 Å². The fourth-order valence-corrected chi connectivity index (χ4v) is 2.00. The van der Waals surface area contributed by atoms with Crippen molar-refractivity contribution in [2.45, 2.75) is 27.2 Å². The predicted molar refractivity (Wildman–Crippen MR) is 75.7 cm³/mol. The van der Waals surface area contributed by atoms with E-state index in [9.17, 15) is 9.90 Å². The van der Waals surface area contributed by atoms with E-state index in [-0.39, 0.29) is 22.3 Å². The summed E-state index contributed by atoms with van der Waals surface area (Å²) in [6, 6.07) is 1.52. The summed E-state index contributed by atoms with van der Waals surface area (Å²) in [5, 5.41) is 19.8. The van der Waals surface area contributed by atoms with Crippen molar-refractivity contribution in [3.8, 4) is 0 Å². The van der Waals surface area contributed by atoms with Gasteiger partial charge in [0.1, 0.15) is 0 Å². The van der Waals surface area contributed by atoms with Crippen molar-refractivity contribution < 1.29 is 9.90 Å². The molecular weight excluding hydrogens is 289 g/mol. The molecule has 0 aliphatic carbocycles. The highest BCUT2D eigenvalue weighted by molar-refractivity contribution is 6.33. The number of aliphatic carboxylic acids is 1. The van der Waals surface area contributed by atoms with Gasteiger partial charge < -0.3 is 10.4 Å². The highest BCUT2D eigenvalue weighted by Gasteiger charge is 2.24. The molecule has 19 heavy (non-hydrogen) atoms. The molecular formula is C12H17Cl2N3O2. The average molecular weight is 306 g/mol. The molecule has 0 aromatic carbocycles. The number of hydrogen-bond donors (Lipinski definition) is 2. The van der Waals surface area contributed by atoms with Gasteiger partial charge in [-0.25, -0.2) is 0 Å². The van der Waals surface area contributed by atoms with Gasteiger partial charge in [0.2, 0.25) is 0 Å². The largest absolute Gasteiger partial charge is 0.481 e. The summed E-state index contributed by atoms with van der Waals surface area (Å²) >= 11 is 11.6. The third-order valence-electron chi connectivity index (χ3n) is 2.47. The normalized spacial score (nSPS) is 13.1. The lowest BCUT2D eigenvalue weighted by Gasteiger charge is -2.23. The SMILES string of the molecule is CC(C)(C)CC(CNc1cc(Cl)nnc1Cl)C(=O)O. The lowest BCUT2D eigenvalue weighted by Crippen LogP contribution is -2.27. The fourth-order valence-electron chi connectivity index (χ4n) is 1.70. The molecule has 0 bridgehead atoms. The number of carbonyl (C=O) groups is 1. The summed E-state index contributed by atoms with van der Waals surface area (Å²) in [6.07, 6.45) is 0.555. The number of aromatic nitrogens is 2. The lowest BCUT2D eigenvalue weighted by molar-refractivity contribution is -0.142. The smallest absolute Gasteiger partial charge is 0.308 e. The van der Waals surface area contributed by atoms with Crippen LogP contribution in [0, 0.1) is 11.3 Å². The third kappa shape index (κ3) is 5.61. The maximum atomic E-state index is 11.2. The van der Waals surface area contributed by atoms with Crippen LogP contribution in [0.4, 0.5) is 5.69 Å². The van der Waals surface area contributed by atoms with Gasteiger partial charge in [0.25, 0.3) is 0 Å². The highest BCUT2D eigenvalue weighted by Crippen LogP contribution is 2.26. The molecule has 5 nitrogen and oxygen atoms in total. The zero-order valence-corrected chi connectivity index (χ0v) is 12.6. The maximum absolute atomic E-state index is 11.2. The Bertz CT molecular complexity index is 461. The molecule has 1 atom stereocenters. The second kappa shape index (κ2) is 6.39. The maximum Gasteiger partial charge on any atom is 0.308 e. The van der Waals surface area contributed by atoms with Gasteiger partial charge in [-0.1, -0.05) is 44.0 Å². The van der Waals surface area contributed by atoms with E-state index in [2.05, 4.69) is 15.5 Å². The van der Waals surface area contributed by atoms with Crippen LogP contribution in [-0.2, 0) is 4.79 Å². The third-order valence-corrected chi connectivity index (χ3v) is 2.93. The molecule has 0 spiro atoms. The van der Waals surface area contributed by atoms with Crippen molar-refractivity contribution in [1.29, 1.82) is 0 Å². The van der Waals surface area contributed by atoms with Crippen LogP contribution < -0.4 is 5.32 Å². The highest BCUT2D eigenvalue weighted by atomic mass is 35.5. The molecule has 1 aromatic rings. The van der Waals surface area contributed by atoms with Crippen LogP contribution in [0.2, 0.25) is 10.3 Å². The second-order valence-corrected chi connectivity index (χ2v) is 6.30. The number of nitrogens with zero attached hydrogens (tertiary/aromatic N) is 2. The standard InChI is InChI=1S/C12H17Cl2N3O2/c1-12(2,3)5-7(11(18)19)6-15-8-4-9(13)16-17-10(8)14/h4,7H,5-6H2,1-3H3,(H,15,16)(H,18,19). The van der Waals surface area contributed by atoms with Gasteiger partial charge in [-0.05, 0) is 11.8 Å². The Kier molecular flexibility index (Phi) is 5.38. The van der Waals surface area contributed by atoms with E-state index >= 15 is 0 Å². The van der Waals surface area contributed by atoms with E-state index in [0.29, 0.717) is 12.1 Å². The molecule has 7 heteroatoms. The number of carboxylic acids is 1. The van der Waals surface area contributed by atoms with Gasteiger partial charge in [-0.2, -0.15) is 0 Å². The molecule has 0 fully saturated rings. The first-order valence-electron chi connectivity index (χ1n) is 5.84. The summed E-state index contributed by atoms with van der Waals surface area (Å²) in [5.74, 6) is -1.35. The molecule has 0 saturated carbocycles. The number of halogens is 2. The Labute approximate surface area is 122 Å². The monoisotopic (exact) mass is 305 g/mol. The van der Waals surface area contributed by atoms with Crippen LogP contribution in [0.25, 0.3) is 0 Å². The summed E-state index contributed by atoms with van der Waals surface area (Å²) in [4.78, 5) is 11.2. The molecule has 1 heterocycles. The average Bonchev–Trinajstić information content (AvgIpc) is 2.26. The van der Waals surface area contributed by atoms with Crippen molar-refractivity contribution in [2.24, 2.45) is 11.3 Å². The van der Waals surface area contributed by atoms with E-state index in [0.717, 1.165) is 0 Å². The molecule has 0 aliphatic heterocycles. The van der Waals surface area contributed by atoms with Crippen LogP contribution in [0.15, 0.2) is 6.07 Å². The topological polar surface area (TPSA) is 75.1 Å². The van der Waals surface area contributed by atoms with Gasteiger partial charge in [0, 0.05) is 12.6 Å². The van der Waals surface area contributed by atoms with Crippen molar-refractivity contribution in [3.05, 3.63) is 16.4 Å². The predicted octanol–water partition coefficient (Wildman–Crippen LogP) is 3.33. The Hall–Kier alpha value is -1.07. The summed E-state index contributed by atoms with van der Waals surface area (Å²) in [5.41, 5.74) is 0.421. The van der Waals surface area contributed by atoms with Crippen LogP contribution in [0.3, 0.4) is 0 Å². The first-order valence-corrected chi connectivity index (χ1v) is 6.60. The van der Waals surface area contributed by atoms with E-state index in [1.807, 2.05) is 20.8 Å². The van der Waals surface area contributed by atoms with Crippen molar-refractivity contribution >= 4 is 34.9 Å². The number of hydrogen-bond acceptors (Lipinski definition) is 4. The minimum absolute atomic E-state index is 0.0668. The molecule has 106 valence electrons. The summed E-state index contributed by atoms with van der Waals surface area (Å²) in [6.45, 7) is 6.26. The molecule has 1 rings (SSSR count). The second-order valence-electron chi connectivity index (χ2n) is 5.55. The van der Waals surface area contributed by atoms with E-state index in [4.69, 9.17) is 23.2 Å². The van der Waals surface area contributed by atoms with Crippen LogP contribution in [0.5, 0.6) is 0 Å². The zero-order chi connectivity index (χ0) is 14.6. The quantitative estimate of drug-likeness (QED) is 0.872. The minimum Gasteiger partial charge on any atom is -0.481 e. The first kappa shape index (κ1) is 16.0. The molecule has 0 aliphatic rings. The molecule has 1 aromatic heterocycles. The molecule has 2 N–H and O–H groups in total. The number of rotatable bonds is 5. The fraction of sp³-hybridized carbons (Fsp3) is 0.583. The van der Waals surface area contributed by atoms with E-state index < -0.39 is 11.9 Å². The van der Waals surface area contributed by atoms with Gasteiger partial charge >= 0.3 is 5.97 Å².